The third-order valence-electron chi connectivity index (χ3n) is 3.73. The molecule has 0 atom stereocenters. The monoisotopic (exact) mass is 347 g/mol. The molecule has 0 spiro atoms. The van der Waals surface area contributed by atoms with Gasteiger partial charge in [0.15, 0.2) is 0 Å². The van der Waals surface area contributed by atoms with Gasteiger partial charge in [-0.1, -0.05) is 32.9 Å². The van der Waals surface area contributed by atoms with E-state index in [1.165, 1.54) is 24.3 Å². The number of hydrogen-bond donors (Lipinski definition) is 2. The highest BCUT2D eigenvalue weighted by Gasteiger charge is 2.21. The summed E-state index contributed by atoms with van der Waals surface area (Å²) >= 11 is 0. The second-order valence-electron chi connectivity index (χ2n) is 6.72. The van der Waals surface area contributed by atoms with Crippen molar-refractivity contribution >= 4 is 21.7 Å². The summed E-state index contributed by atoms with van der Waals surface area (Å²) in [7, 11) is -3.76. The fourth-order valence-electron chi connectivity index (χ4n) is 2.25. The van der Waals surface area contributed by atoms with Crippen molar-refractivity contribution in [2.24, 2.45) is 0 Å². The van der Waals surface area contributed by atoms with Gasteiger partial charge in [0.2, 0.25) is 0 Å². The van der Waals surface area contributed by atoms with E-state index in [-0.39, 0.29) is 15.9 Å². The Morgan fingerprint density at radius 3 is 2.12 bits per heavy atom. The van der Waals surface area contributed by atoms with Crippen molar-refractivity contribution < 1.29 is 18.3 Å². The highest BCUT2D eigenvalue weighted by molar-refractivity contribution is 7.92. The first kappa shape index (κ1) is 18.0. The van der Waals surface area contributed by atoms with Gasteiger partial charge < -0.3 is 5.11 Å². The van der Waals surface area contributed by atoms with Crippen LogP contribution in [0.1, 0.15) is 42.3 Å². The van der Waals surface area contributed by atoms with Crippen molar-refractivity contribution in [3.05, 3.63) is 59.2 Å². The summed E-state index contributed by atoms with van der Waals surface area (Å²) in [6, 6.07) is 11.0. The van der Waals surface area contributed by atoms with Crippen LogP contribution in [-0.2, 0) is 15.4 Å². The number of carboxylic acid groups (broad SMARTS) is 1. The van der Waals surface area contributed by atoms with Crippen LogP contribution in [0.2, 0.25) is 0 Å². The molecule has 5 nitrogen and oxygen atoms in total. The molecule has 0 aliphatic rings. The number of carbonyl (C=O) groups is 1. The van der Waals surface area contributed by atoms with E-state index in [9.17, 15) is 13.2 Å². The molecule has 2 N–H and O–H groups in total. The fraction of sp³-hybridized carbons (Fsp3) is 0.278. The van der Waals surface area contributed by atoms with Crippen molar-refractivity contribution in [3.63, 3.8) is 0 Å². The third-order valence-corrected chi connectivity index (χ3v) is 5.25. The standard InChI is InChI=1S/C18H21NO4S/c1-12-5-8-14(18(2,3)4)11-16(12)24(22,23)19-15-9-6-13(7-10-15)17(20)21/h5-11,19H,1-4H3,(H,20,21). The lowest BCUT2D eigenvalue weighted by Crippen LogP contribution is -2.17. The normalized spacial score (nSPS) is 12.0. The van der Waals surface area contributed by atoms with E-state index in [2.05, 4.69) is 4.72 Å². The number of sulfonamides is 1. The average molecular weight is 347 g/mol. The Morgan fingerprint density at radius 1 is 1.04 bits per heavy atom. The molecule has 0 aliphatic carbocycles. The quantitative estimate of drug-likeness (QED) is 0.881. The van der Waals surface area contributed by atoms with Crippen LogP contribution in [0, 0.1) is 6.92 Å². The van der Waals surface area contributed by atoms with Crippen molar-refractivity contribution in [1.82, 2.24) is 0 Å². The van der Waals surface area contributed by atoms with Gasteiger partial charge in [-0.3, -0.25) is 4.72 Å². The molecule has 0 heterocycles. The van der Waals surface area contributed by atoms with Gasteiger partial charge in [-0.05, 0) is 53.8 Å². The molecule has 0 amide bonds. The lowest BCUT2D eigenvalue weighted by molar-refractivity contribution is 0.0697. The molecule has 6 heteroatoms. The number of rotatable bonds is 4. The number of aromatic carboxylic acids is 1. The first-order valence-corrected chi connectivity index (χ1v) is 8.96. The van der Waals surface area contributed by atoms with Crippen LogP contribution >= 0.6 is 0 Å². The summed E-state index contributed by atoms with van der Waals surface area (Å²) in [5.74, 6) is -1.06. The molecule has 0 fully saturated rings. The molecule has 128 valence electrons. The van der Waals surface area contributed by atoms with Crippen LogP contribution < -0.4 is 4.72 Å². The summed E-state index contributed by atoms with van der Waals surface area (Å²) in [6.07, 6.45) is 0. The van der Waals surface area contributed by atoms with Crippen molar-refractivity contribution in [2.45, 2.75) is 38.0 Å². The Morgan fingerprint density at radius 2 is 1.62 bits per heavy atom. The second kappa shape index (κ2) is 6.28. The van der Waals surface area contributed by atoms with E-state index in [1.54, 1.807) is 19.1 Å². The zero-order valence-corrected chi connectivity index (χ0v) is 14.9. The van der Waals surface area contributed by atoms with Gasteiger partial charge in [0.05, 0.1) is 10.5 Å². The summed E-state index contributed by atoms with van der Waals surface area (Å²) in [5, 5.41) is 8.89. The van der Waals surface area contributed by atoms with Gasteiger partial charge in [0, 0.05) is 5.69 Å². The highest BCUT2D eigenvalue weighted by Crippen LogP contribution is 2.27. The SMILES string of the molecule is Cc1ccc(C(C)(C)C)cc1S(=O)(=O)Nc1ccc(C(=O)O)cc1. The van der Waals surface area contributed by atoms with E-state index in [0.717, 1.165) is 5.56 Å². The van der Waals surface area contributed by atoms with E-state index in [1.807, 2.05) is 26.8 Å². The lowest BCUT2D eigenvalue weighted by Gasteiger charge is -2.21. The Bertz CT molecular complexity index is 863. The van der Waals surface area contributed by atoms with Crippen LogP contribution in [0.5, 0.6) is 0 Å². The maximum Gasteiger partial charge on any atom is 0.335 e. The van der Waals surface area contributed by atoms with Crippen LogP contribution in [0.25, 0.3) is 0 Å². The van der Waals surface area contributed by atoms with Crippen LogP contribution in [0.3, 0.4) is 0 Å². The third kappa shape index (κ3) is 3.94. The van der Waals surface area contributed by atoms with Gasteiger partial charge in [-0.2, -0.15) is 0 Å². The van der Waals surface area contributed by atoms with Gasteiger partial charge in [0.1, 0.15) is 0 Å². The minimum Gasteiger partial charge on any atom is -0.478 e. The number of anilines is 1. The second-order valence-corrected chi connectivity index (χ2v) is 8.37. The zero-order valence-electron chi connectivity index (χ0n) is 14.1. The molecular weight excluding hydrogens is 326 g/mol. The Kier molecular flexibility index (Phi) is 4.71. The Hall–Kier alpha value is -2.34. The minimum atomic E-state index is -3.76. The zero-order chi connectivity index (χ0) is 18.1. The number of aryl methyl sites for hydroxylation is 1. The average Bonchev–Trinajstić information content (AvgIpc) is 2.46. The van der Waals surface area contributed by atoms with Gasteiger partial charge in [-0.15, -0.1) is 0 Å². The van der Waals surface area contributed by atoms with Gasteiger partial charge in [-0.25, -0.2) is 13.2 Å². The predicted molar refractivity (Wildman–Crippen MR) is 94.1 cm³/mol. The van der Waals surface area contributed by atoms with Crippen LogP contribution in [0.4, 0.5) is 5.69 Å². The maximum atomic E-state index is 12.7. The molecule has 0 bridgehead atoms. The number of carboxylic acids is 1. The largest absolute Gasteiger partial charge is 0.478 e. The molecule has 0 unspecified atom stereocenters. The highest BCUT2D eigenvalue weighted by atomic mass is 32.2. The van der Waals surface area contributed by atoms with Gasteiger partial charge >= 0.3 is 5.97 Å². The molecule has 0 saturated heterocycles. The van der Waals surface area contributed by atoms with E-state index in [4.69, 9.17) is 5.11 Å². The molecule has 2 rings (SSSR count). The van der Waals surface area contributed by atoms with Crippen LogP contribution in [0.15, 0.2) is 47.4 Å². The smallest absolute Gasteiger partial charge is 0.335 e. The number of hydrogen-bond acceptors (Lipinski definition) is 3. The molecule has 24 heavy (non-hydrogen) atoms. The maximum absolute atomic E-state index is 12.7. The molecule has 0 saturated carbocycles. The molecule has 2 aromatic carbocycles. The minimum absolute atomic E-state index is 0.101. The Labute approximate surface area is 142 Å². The summed E-state index contributed by atoms with van der Waals surface area (Å²) in [6.45, 7) is 7.80. The first-order chi connectivity index (χ1) is 11.0. The first-order valence-electron chi connectivity index (χ1n) is 7.48. The number of benzene rings is 2. The lowest BCUT2D eigenvalue weighted by atomic mass is 9.87. The molecule has 0 aromatic heterocycles. The van der Waals surface area contributed by atoms with Crippen molar-refractivity contribution in [1.29, 1.82) is 0 Å². The fourth-order valence-corrected chi connectivity index (χ4v) is 3.58. The Balaban J connectivity index is 2.38. The van der Waals surface area contributed by atoms with Crippen molar-refractivity contribution in [3.8, 4) is 0 Å². The van der Waals surface area contributed by atoms with E-state index < -0.39 is 16.0 Å². The van der Waals surface area contributed by atoms with E-state index in [0.29, 0.717) is 11.3 Å². The topological polar surface area (TPSA) is 83.5 Å². The molecule has 0 radical (unpaired) electrons. The summed E-state index contributed by atoms with van der Waals surface area (Å²) in [5.41, 5.74) is 1.83. The van der Waals surface area contributed by atoms with Crippen LogP contribution in [-0.4, -0.2) is 19.5 Å². The summed E-state index contributed by atoms with van der Waals surface area (Å²) < 4.78 is 27.9. The molecule has 2 aromatic rings. The van der Waals surface area contributed by atoms with E-state index >= 15 is 0 Å². The number of nitrogens with one attached hydrogen (secondary N) is 1. The van der Waals surface area contributed by atoms with Gasteiger partial charge in [0.25, 0.3) is 10.0 Å². The molecular formula is C18H21NO4S. The summed E-state index contributed by atoms with van der Waals surface area (Å²) in [4.78, 5) is 11.1. The predicted octanol–water partition coefficient (Wildman–Crippen LogP) is 3.79. The van der Waals surface area contributed by atoms with Crippen molar-refractivity contribution in [2.75, 3.05) is 4.72 Å². The molecule has 0 aliphatic heterocycles.